The summed E-state index contributed by atoms with van der Waals surface area (Å²) >= 11 is 0. The molecule has 2 aromatic rings. The quantitative estimate of drug-likeness (QED) is 0.669. The molecule has 0 unspecified atom stereocenters. The van der Waals surface area contributed by atoms with Crippen LogP contribution < -0.4 is 10.1 Å². The molecule has 0 aliphatic rings. The largest absolute Gasteiger partial charge is 0.492 e. The number of carbonyl (C=O) groups is 1. The van der Waals surface area contributed by atoms with Crippen LogP contribution in [0.3, 0.4) is 0 Å². The molecule has 0 aromatic heterocycles. The first-order chi connectivity index (χ1) is 12.8. The highest BCUT2D eigenvalue weighted by Crippen LogP contribution is 2.20. The lowest BCUT2D eigenvalue weighted by Gasteiger charge is -2.21. The van der Waals surface area contributed by atoms with E-state index in [-0.39, 0.29) is 30.5 Å². The van der Waals surface area contributed by atoms with Crippen molar-refractivity contribution in [1.82, 2.24) is 4.31 Å². The number of rotatable bonds is 9. The van der Waals surface area contributed by atoms with Crippen LogP contribution in [0.2, 0.25) is 0 Å². The Bertz CT molecular complexity index is 892. The van der Waals surface area contributed by atoms with Crippen molar-refractivity contribution in [3.63, 3.8) is 0 Å². The number of anilines is 1. The Morgan fingerprint density at radius 1 is 1.19 bits per heavy atom. The smallest absolute Gasteiger partial charge is 0.243 e. The van der Waals surface area contributed by atoms with Crippen LogP contribution in [0.25, 0.3) is 0 Å². The molecule has 0 heterocycles. The van der Waals surface area contributed by atoms with Crippen LogP contribution >= 0.6 is 0 Å². The standard InChI is InChI=1S/C20H24N2O4S/c1-4-13-22(14-15-26-20-8-6-5-7-16(20)2)27(24,25)19-11-9-18(10-12-19)21-17(3)23/h4-12H,1,13-15H2,2-3H3,(H,21,23). The van der Waals surface area contributed by atoms with Gasteiger partial charge in [-0.05, 0) is 42.8 Å². The van der Waals surface area contributed by atoms with E-state index < -0.39 is 10.0 Å². The van der Waals surface area contributed by atoms with Crippen molar-refractivity contribution < 1.29 is 17.9 Å². The van der Waals surface area contributed by atoms with Crippen molar-refractivity contribution in [2.24, 2.45) is 0 Å². The number of hydrogen-bond acceptors (Lipinski definition) is 4. The second kappa shape index (κ2) is 9.34. The molecule has 0 atom stereocenters. The van der Waals surface area contributed by atoms with Gasteiger partial charge in [-0.25, -0.2) is 8.42 Å². The number of nitrogens with one attached hydrogen (secondary N) is 1. The molecular weight excluding hydrogens is 364 g/mol. The molecule has 0 radical (unpaired) electrons. The topological polar surface area (TPSA) is 75.7 Å². The van der Waals surface area contributed by atoms with Gasteiger partial charge in [0.1, 0.15) is 12.4 Å². The molecule has 0 fully saturated rings. The molecule has 2 aromatic carbocycles. The first kappa shape index (κ1) is 20.7. The van der Waals surface area contributed by atoms with E-state index in [9.17, 15) is 13.2 Å². The Balaban J connectivity index is 2.10. The van der Waals surface area contributed by atoms with Gasteiger partial charge in [0.15, 0.2) is 0 Å². The van der Waals surface area contributed by atoms with Crippen LogP contribution in [-0.2, 0) is 14.8 Å². The van der Waals surface area contributed by atoms with E-state index in [1.807, 2.05) is 31.2 Å². The molecule has 0 aliphatic carbocycles. The molecule has 0 spiro atoms. The monoisotopic (exact) mass is 388 g/mol. The molecule has 7 heteroatoms. The van der Waals surface area contributed by atoms with Crippen LogP contribution in [0, 0.1) is 6.92 Å². The molecule has 144 valence electrons. The molecular formula is C20H24N2O4S. The van der Waals surface area contributed by atoms with Crippen molar-refractivity contribution in [3.05, 3.63) is 66.7 Å². The van der Waals surface area contributed by atoms with Gasteiger partial charge in [0.2, 0.25) is 15.9 Å². The molecule has 1 N–H and O–H groups in total. The van der Waals surface area contributed by atoms with Gasteiger partial charge in [-0.2, -0.15) is 4.31 Å². The first-order valence-electron chi connectivity index (χ1n) is 8.51. The maximum atomic E-state index is 12.9. The number of carbonyl (C=O) groups excluding carboxylic acids is 1. The summed E-state index contributed by atoms with van der Waals surface area (Å²) in [5.74, 6) is 0.514. The molecule has 0 bridgehead atoms. The first-order valence-corrected chi connectivity index (χ1v) is 9.95. The Hall–Kier alpha value is -2.64. The van der Waals surface area contributed by atoms with E-state index in [1.165, 1.54) is 29.4 Å². The van der Waals surface area contributed by atoms with Gasteiger partial charge in [0, 0.05) is 25.7 Å². The van der Waals surface area contributed by atoms with Gasteiger partial charge in [-0.1, -0.05) is 24.3 Å². The van der Waals surface area contributed by atoms with Crippen molar-refractivity contribution >= 4 is 21.6 Å². The summed E-state index contributed by atoms with van der Waals surface area (Å²) in [5, 5.41) is 2.61. The molecule has 0 saturated carbocycles. The summed E-state index contributed by atoms with van der Waals surface area (Å²) in [6.07, 6.45) is 1.54. The molecule has 0 saturated heterocycles. The predicted octanol–water partition coefficient (Wildman–Crippen LogP) is 3.21. The van der Waals surface area contributed by atoms with Gasteiger partial charge in [-0.15, -0.1) is 6.58 Å². The van der Waals surface area contributed by atoms with E-state index in [0.717, 1.165) is 11.3 Å². The minimum atomic E-state index is -3.70. The Morgan fingerprint density at radius 2 is 1.85 bits per heavy atom. The predicted molar refractivity (Wildman–Crippen MR) is 106 cm³/mol. The number of sulfonamides is 1. The minimum absolute atomic E-state index is 0.148. The number of ether oxygens (including phenoxy) is 1. The number of benzene rings is 2. The third-order valence-corrected chi connectivity index (χ3v) is 5.72. The molecule has 1 amide bonds. The second-order valence-electron chi connectivity index (χ2n) is 5.97. The Kier molecular flexibility index (Phi) is 7.15. The normalized spacial score (nSPS) is 11.2. The average molecular weight is 388 g/mol. The number of aryl methyl sites for hydroxylation is 1. The average Bonchev–Trinajstić information content (AvgIpc) is 2.62. The van der Waals surface area contributed by atoms with Crippen LogP contribution in [0.1, 0.15) is 12.5 Å². The van der Waals surface area contributed by atoms with E-state index in [2.05, 4.69) is 11.9 Å². The summed E-state index contributed by atoms with van der Waals surface area (Å²) < 4.78 is 32.8. The zero-order valence-electron chi connectivity index (χ0n) is 15.5. The van der Waals surface area contributed by atoms with Crippen molar-refractivity contribution in [3.8, 4) is 5.75 Å². The third-order valence-electron chi connectivity index (χ3n) is 3.84. The fourth-order valence-electron chi connectivity index (χ4n) is 2.49. The lowest BCUT2D eigenvalue weighted by molar-refractivity contribution is -0.114. The Labute approximate surface area is 160 Å². The molecule has 6 nitrogen and oxygen atoms in total. The van der Waals surface area contributed by atoms with Gasteiger partial charge < -0.3 is 10.1 Å². The fraction of sp³-hybridized carbons (Fsp3) is 0.250. The van der Waals surface area contributed by atoms with Crippen molar-refractivity contribution in [1.29, 1.82) is 0 Å². The van der Waals surface area contributed by atoms with Gasteiger partial charge in [-0.3, -0.25) is 4.79 Å². The van der Waals surface area contributed by atoms with E-state index in [4.69, 9.17) is 4.74 Å². The van der Waals surface area contributed by atoms with Gasteiger partial charge >= 0.3 is 0 Å². The fourth-order valence-corrected chi connectivity index (χ4v) is 3.89. The molecule has 2 rings (SSSR count). The highest BCUT2D eigenvalue weighted by atomic mass is 32.2. The Morgan fingerprint density at radius 3 is 2.44 bits per heavy atom. The van der Waals surface area contributed by atoms with E-state index in [0.29, 0.717) is 5.69 Å². The van der Waals surface area contributed by atoms with E-state index in [1.54, 1.807) is 12.1 Å². The molecule has 27 heavy (non-hydrogen) atoms. The zero-order chi connectivity index (χ0) is 19.9. The maximum Gasteiger partial charge on any atom is 0.243 e. The van der Waals surface area contributed by atoms with Crippen LogP contribution in [0.4, 0.5) is 5.69 Å². The van der Waals surface area contributed by atoms with Crippen LogP contribution in [0.15, 0.2) is 66.1 Å². The zero-order valence-corrected chi connectivity index (χ0v) is 16.3. The number of nitrogens with zero attached hydrogens (tertiary/aromatic N) is 1. The van der Waals surface area contributed by atoms with Crippen LogP contribution in [-0.4, -0.2) is 38.3 Å². The highest BCUT2D eigenvalue weighted by molar-refractivity contribution is 7.89. The SMILES string of the molecule is C=CCN(CCOc1ccccc1C)S(=O)(=O)c1ccc(NC(C)=O)cc1. The number of hydrogen-bond donors (Lipinski definition) is 1. The van der Waals surface area contributed by atoms with Gasteiger partial charge in [0.05, 0.1) is 4.90 Å². The minimum Gasteiger partial charge on any atom is -0.492 e. The van der Waals surface area contributed by atoms with E-state index >= 15 is 0 Å². The summed E-state index contributed by atoms with van der Waals surface area (Å²) in [6, 6.07) is 13.6. The summed E-state index contributed by atoms with van der Waals surface area (Å²) in [4.78, 5) is 11.2. The van der Waals surface area contributed by atoms with Crippen LogP contribution in [0.5, 0.6) is 5.75 Å². The second-order valence-corrected chi connectivity index (χ2v) is 7.91. The summed E-state index contributed by atoms with van der Waals surface area (Å²) in [6.45, 7) is 7.56. The highest BCUT2D eigenvalue weighted by Gasteiger charge is 2.23. The number of para-hydroxylation sites is 1. The number of amides is 1. The van der Waals surface area contributed by atoms with Crippen molar-refractivity contribution in [2.45, 2.75) is 18.7 Å². The van der Waals surface area contributed by atoms with Gasteiger partial charge in [0.25, 0.3) is 0 Å². The molecule has 0 aliphatic heterocycles. The maximum absolute atomic E-state index is 12.9. The lowest BCUT2D eigenvalue weighted by atomic mass is 10.2. The summed E-state index contributed by atoms with van der Waals surface area (Å²) in [7, 11) is -3.70. The van der Waals surface area contributed by atoms with Crippen molar-refractivity contribution in [2.75, 3.05) is 25.0 Å². The lowest BCUT2D eigenvalue weighted by Crippen LogP contribution is -2.34. The summed E-state index contributed by atoms with van der Waals surface area (Å²) in [5.41, 5.74) is 1.53. The third kappa shape index (κ3) is 5.67.